The molecule has 0 N–H and O–H groups in total. The van der Waals surface area contributed by atoms with E-state index in [4.69, 9.17) is 9.47 Å². The van der Waals surface area contributed by atoms with Crippen LogP contribution in [-0.2, 0) is 0 Å². The van der Waals surface area contributed by atoms with Crippen LogP contribution in [0.3, 0.4) is 0 Å². The Kier molecular flexibility index (Phi) is 4.63. The van der Waals surface area contributed by atoms with Crippen molar-refractivity contribution in [2.75, 3.05) is 14.2 Å². The average molecular weight is 279 g/mol. The molecule has 0 saturated heterocycles. The minimum atomic E-state index is 0.625. The van der Waals surface area contributed by atoms with Crippen LogP contribution in [0.15, 0.2) is 42.5 Å². The number of ether oxygens (including phenoxy) is 2. The molecule has 2 rings (SSSR count). The molecular formula is C18H17NO2. The molecule has 0 heterocycles. The summed E-state index contributed by atoms with van der Waals surface area (Å²) in [7, 11) is 3.26. The second-order valence-electron chi connectivity index (χ2n) is 4.62. The first kappa shape index (κ1) is 14.7. The van der Waals surface area contributed by atoms with E-state index >= 15 is 0 Å². The molecule has 0 amide bonds. The van der Waals surface area contributed by atoms with Crippen LogP contribution in [0, 0.1) is 18.3 Å². The summed E-state index contributed by atoms with van der Waals surface area (Å²) in [5.41, 5.74) is 3.51. The maximum Gasteiger partial charge on any atom is 0.119 e. The number of methoxy groups -OCH3 is 2. The van der Waals surface area contributed by atoms with E-state index in [9.17, 15) is 5.26 Å². The molecule has 0 atom stereocenters. The number of benzene rings is 2. The van der Waals surface area contributed by atoms with Crippen LogP contribution in [0.4, 0.5) is 0 Å². The van der Waals surface area contributed by atoms with Gasteiger partial charge < -0.3 is 9.47 Å². The summed E-state index contributed by atoms with van der Waals surface area (Å²) >= 11 is 0. The second-order valence-corrected chi connectivity index (χ2v) is 4.62. The second kappa shape index (κ2) is 6.62. The molecule has 0 radical (unpaired) electrons. The first-order valence-corrected chi connectivity index (χ1v) is 6.59. The van der Waals surface area contributed by atoms with Crippen LogP contribution in [0.5, 0.6) is 11.5 Å². The smallest absolute Gasteiger partial charge is 0.119 e. The molecular weight excluding hydrogens is 262 g/mol. The van der Waals surface area contributed by atoms with E-state index in [1.54, 1.807) is 14.2 Å². The largest absolute Gasteiger partial charge is 0.497 e. The third kappa shape index (κ3) is 3.43. The van der Waals surface area contributed by atoms with Crippen molar-refractivity contribution in [1.29, 1.82) is 5.26 Å². The van der Waals surface area contributed by atoms with Crippen LogP contribution in [0.2, 0.25) is 0 Å². The van der Waals surface area contributed by atoms with E-state index in [1.807, 2.05) is 55.5 Å². The summed E-state index contributed by atoms with van der Waals surface area (Å²) in [4.78, 5) is 0. The van der Waals surface area contributed by atoms with E-state index in [-0.39, 0.29) is 0 Å². The minimum absolute atomic E-state index is 0.625. The summed E-state index contributed by atoms with van der Waals surface area (Å²) in [6.07, 6.45) is 1.87. The number of nitriles is 1. The van der Waals surface area contributed by atoms with Crippen LogP contribution in [0.25, 0.3) is 11.6 Å². The zero-order chi connectivity index (χ0) is 15.2. The van der Waals surface area contributed by atoms with E-state index in [2.05, 4.69) is 6.07 Å². The number of allylic oxidation sites excluding steroid dienone is 1. The van der Waals surface area contributed by atoms with Crippen molar-refractivity contribution in [3.63, 3.8) is 0 Å². The molecule has 0 unspecified atom stereocenters. The molecule has 0 aliphatic rings. The summed E-state index contributed by atoms with van der Waals surface area (Å²) in [5, 5.41) is 9.42. The predicted molar refractivity (Wildman–Crippen MR) is 84.2 cm³/mol. The number of hydrogen-bond acceptors (Lipinski definition) is 3. The highest BCUT2D eigenvalue weighted by Crippen LogP contribution is 2.25. The first-order valence-electron chi connectivity index (χ1n) is 6.59. The number of rotatable bonds is 4. The summed E-state index contributed by atoms with van der Waals surface area (Å²) < 4.78 is 10.3. The fraction of sp³-hybridized carbons (Fsp3) is 0.167. The van der Waals surface area contributed by atoms with Crippen molar-refractivity contribution >= 4 is 11.6 Å². The van der Waals surface area contributed by atoms with E-state index in [1.165, 1.54) is 0 Å². The fourth-order valence-electron chi connectivity index (χ4n) is 2.10. The Hall–Kier alpha value is -2.73. The maximum atomic E-state index is 9.42. The molecule has 2 aromatic carbocycles. The highest BCUT2D eigenvalue weighted by Gasteiger charge is 2.06. The Bertz CT molecular complexity index is 694. The average Bonchev–Trinajstić information content (AvgIpc) is 2.53. The Morgan fingerprint density at radius 3 is 2.14 bits per heavy atom. The summed E-state index contributed by atoms with van der Waals surface area (Å²) in [6, 6.07) is 15.6. The standard InChI is InChI=1S/C18H17NO2/c1-13-10-17(21-3)8-9-18(13)15(12-19)11-14-4-6-16(20-2)7-5-14/h4-11H,1-3H3. The van der Waals surface area contributed by atoms with Crippen molar-refractivity contribution in [2.45, 2.75) is 6.92 Å². The van der Waals surface area contributed by atoms with Gasteiger partial charge in [0.15, 0.2) is 0 Å². The van der Waals surface area contributed by atoms with Gasteiger partial charge in [0.25, 0.3) is 0 Å². The van der Waals surface area contributed by atoms with Gasteiger partial charge in [-0.15, -0.1) is 0 Å². The highest BCUT2D eigenvalue weighted by atomic mass is 16.5. The normalized spacial score (nSPS) is 10.9. The Balaban J connectivity index is 2.38. The topological polar surface area (TPSA) is 42.2 Å². The fourth-order valence-corrected chi connectivity index (χ4v) is 2.10. The molecule has 3 nitrogen and oxygen atoms in total. The SMILES string of the molecule is COc1ccc(C=C(C#N)c2ccc(OC)cc2C)cc1. The predicted octanol–water partition coefficient (Wildman–Crippen LogP) is 4.08. The number of hydrogen-bond donors (Lipinski definition) is 0. The van der Waals surface area contributed by atoms with Gasteiger partial charge in [0, 0.05) is 0 Å². The van der Waals surface area contributed by atoms with Gasteiger partial charge in [-0.2, -0.15) is 5.26 Å². The van der Waals surface area contributed by atoms with Gasteiger partial charge in [0.1, 0.15) is 11.5 Å². The molecule has 2 aromatic rings. The highest BCUT2D eigenvalue weighted by molar-refractivity contribution is 5.90. The van der Waals surface area contributed by atoms with Gasteiger partial charge in [0.2, 0.25) is 0 Å². The molecule has 0 aliphatic carbocycles. The van der Waals surface area contributed by atoms with E-state index < -0.39 is 0 Å². The monoisotopic (exact) mass is 279 g/mol. The maximum absolute atomic E-state index is 9.42. The summed E-state index contributed by atoms with van der Waals surface area (Å²) in [6.45, 7) is 1.97. The molecule has 0 aromatic heterocycles. The van der Waals surface area contributed by atoms with Gasteiger partial charge in [-0.3, -0.25) is 0 Å². The minimum Gasteiger partial charge on any atom is -0.497 e. The molecule has 3 heteroatoms. The molecule has 0 bridgehead atoms. The molecule has 0 saturated carbocycles. The Labute approximate surface area is 125 Å². The van der Waals surface area contributed by atoms with E-state index in [0.717, 1.165) is 28.2 Å². The number of aryl methyl sites for hydroxylation is 1. The zero-order valence-electron chi connectivity index (χ0n) is 12.4. The molecule has 106 valence electrons. The summed E-state index contributed by atoms with van der Waals surface area (Å²) in [5.74, 6) is 1.59. The molecule has 21 heavy (non-hydrogen) atoms. The van der Waals surface area contributed by atoms with Gasteiger partial charge in [0.05, 0.1) is 25.9 Å². The van der Waals surface area contributed by atoms with Gasteiger partial charge in [-0.1, -0.05) is 12.1 Å². The van der Waals surface area contributed by atoms with E-state index in [0.29, 0.717) is 5.57 Å². The van der Waals surface area contributed by atoms with Crippen molar-refractivity contribution in [1.82, 2.24) is 0 Å². The lowest BCUT2D eigenvalue weighted by Gasteiger charge is -2.07. The zero-order valence-corrected chi connectivity index (χ0v) is 12.4. The lowest BCUT2D eigenvalue weighted by atomic mass is 9.99. The Morgan fingerprint density at radius 1 is 1.00 bits per heavy atom. The third-order valence-corrected chi connectivity index (χ3v) is 3.27. The quantitative estimate of drug-likeness (QED) is 0.625. The van der Waals surface area contributed by atoms with Crippen LogP contribution in [-0.4, -0.2) is 14.2 Å². The Morgan fingerprint density at radius 2 is 1.62 bits per heavy atom. The van der Waals surface area contributed by atoms with Gasteiger partial charge in [-0.25, -0.2) is 0 Å². The van der Waals surface area contributed by atoms with Crippen molar-refractivity contribution < 1.29 is 9.47 Å². The lowest BCUT2D eigenvalue weighted by Crippen LogP contribution is -1.90. The third-order valence-electron chi connectivity index (χ3n) is 3.27. The first-order chi connectivity index (χ1) is 10.2. The van der Waals surface area contributed by atoms with Crippen molar-refractivity contribution in [2.24, 2.45) is 0 Å². The van der Waals surface area contributed by atoms with Crippen LogP contribution in [0.1, 0.15) is 16.7 Å². The van der Waals surface area contributed by atoms with Crippen molar-refractivity contribution in [3.05, 3.63) is 59.2 Å². The van der Waals surface area contributed by atoms with Crippen LogP contribution >= 0.6 is 0 Å². The lowest BCUT2D eigenvalue weighted by molar-refractivity contribution is 0.414. The van der Waals surface area contributed by atoms with Gasteiger partial charge in [-0.05, 0) is 60.0 Å². The molecule has 0 spiro atoms. The van der Waals surface area contributed by atoms with Crippen LogP contribution < -0.4 is 9.47 Å². The molecule has 0 aliphatic heterocycles. The molecule has 0 fully saturated rings. The van der Waals surface area contributed by atoms with Gasteiger partial charge >= 0.3 is 0 Å². The van der Waals surface area contributed by atoms with Crippen molar-refractivity contribution in [3.8, 4) is 17.6 Å². The number of nitrogens with zero attached hydrogens (tertiary/aromatic N) is 1.